The van der Waals surface area contributed by atoms with E-state index in [-0.39, 0.29) is 11.8 Å². The zero-order valence-corrected chi connectivity index (χ0v) is 16.6. The summed E-state index contributed by atoms with van der Waals surface area (Å²) in [7, 11) is 1.60. The van der Waals surface area contributed by atoms with Gasteiger partial charge in [0.1, 0.15) is 0 Å². The minimum Gasteiger partial charge on any atom is -0.355 e. The van der Waals surface area contributed by atoms with E-state index in [2.05, 4.69) is 51.6 Å². The number of hydrogen-bond acceptors (Lipinski definition) is 4. The molecule has 1 aliphatic rings. The molecule has 0 aromatic heterocycles. The molecule has 1 heterocycles. The summed E-state index contributed by atoms with van der Waals surface area (Å²) in [6.07, 6.45) is 0. The third-order valence-corrected chi connectivity index (χ3v) is 4.98. The molecule has 0 saturated carbocycles. The Hall–Kier alpha value is -2.70. The molecule has 28 heavy (non-hydrogen) atoms. The maximum Gasteiger partial charge on any atom is 0.251 e. The predicted molar refractivity (Wildman–Crippen MR) is 111 cm³/mol. The highest BCUT2D eigenvalue weighted by atomic mass is 16.2. The molecule has 6 heteroatoms. The number of hydrogen-bond donors (Lipinski definition) is 2. The fraction of sp³-hybridized carbons (Fsp3) is 0.364. The first-order chi connectivity index (χ1) is 13.5. The van der Waals surface area contributed by atoms with Crippen molar-refractivity contribution >= 4 is 17.5 Å². The van der Waals surface area contributed by atoms with Crippen molar-refractivity contribution in [3.8, 4) is 0 Å². The van der Waals surface area contributed by atoms with Crippen LogP contribution >= 0.6 is 0 Å². The van der Waals surface area contributed by atoms with Gasteiger partial charge in [0, 0.05) is 51.0 Å². The van der Waals surface area contributed by atoms with E-state index in [0.29, 0.717) is 17.8 Å². The van der Waals surface area contributed by atoms with Gasteiger partial charge in [-0.2, -0.15) is 0 Å². The van der Waals surface area contributed by atoms with E-state index in [1.807, 2.05) is 0 Å². The minimum atomic E-state index is -0.138. The molecule has 6 nitrogen and oxygen atoms in total. The minimum absolute atomic E-state index is 0.0279. The molecule has 2 amide bonds. The SMILES string of the molecule is CNC(=O)c1ccc(NC(=O)CN2CCN(Cc3cccc(C)c3)CC2)cc1. The van der Waals surface area contributed by atoms with Crippen molar-refractivity contribution in [1.82, 2.24) is 15.1 Å². The van der Waals surface area contributed by atoms with Crippen LogP contribution < -0.4 is 10.6 Å². The van der Waals surface area contributed by atoms with E-state index in [9.17, 15) is 9.59 Å². The Bertz CT molecular complexity index is 812. The molecule has 1 fully saturated rings. The maximum absolute atomic E-state index is 12.3. The number of amides is 2. The standard InChI is InChI=1S/C22H28N4O2/c1-17-4-3-5-18(14-17)15-25-10-12-26(13-11-25)16-21(27)24-20-8-6-19(7-9-20)22(28)23-2/h3-9,14H,10-13,15-16H2,1-2H3,(H,23,28)(H,24,27). The zero-order valence-electron chi connectivity index (χ0n) is 16.6. The molecule has 0 aliphatic carbocycles. The molecule has 2 aromatic rings. The molecule has 2 N–H and O–H groups in total. The van der Waals surface area contributed by atoms with E-state index in [1.54, 1.807) is 31.3 Å². The lowest BCUT2D eigenvalue weighted by molar-refractivity contribution is -0.117. The quantitative estimate of drug-likeness (QED) is 0.806. The van der Waals surface area contributed by atoms with Gasteiger partial charge in [-0.3, -0.25) is 19.4 Å². The molecule has 2 aromatic carbocycles. The first-order valence-corrected chi connectivity index (χ1v) is 9.66. The van der Waals surface area contributed by atoms with E-state index in [0.717, 1.165) is 32.7 Å². The Morgan fingerprint density at radius 3 is 2.29 bits per heavy atom. The van der Waals surface area contributed by atoms with Gasteiger partial charge in [-0.25, -0.2) is 0 Å². The normalized spacial score (nSPS) is 15.2. The average molecular weight is 380 g/mol. The topological polar surface area (TPSA) is 64.7 Å². The molecule has 148 valence electrons. The first kappa shape index (κ1) is 20.0. The number of benzene rings is 2. The van der Waals surface area contributed by atoms with Gasteiger partial charge in [-0.15, -0.1) is 0 Å². The van der Waals surface area contributed by atoms with Crippen molar-refractivity contribution in [2.45, 2.75) is 13.5 Å². The molecule has 0 spiro atoms. The highest BCUT2D eigenvalue weighted by molar-refractivity contribution is 5.96. The monoisotopic (exact) mass is 380 g/mol. The van der Waals surface area contributed by atoms with Gasteiger partial charge in [0.05, 0.1) is 6.54 Å². The van der Waals surface area contributed by atoms with Crippen LogP contribution in [0.1, 0.15) is 21.5 Å². The molecule has 0 unspecified atom stereocenters. The molecule has 0 atom stereocenters. The molecule has 0 radical (unpaired) electrons. The Balaban J connectivity index is 1.43. The van der Waals surface area contributed by atoms with Gasteiger partial charge in [0.2, 0.25) is 5.91 Å². The van der Waals surface area contributed by atoms with Crippen LogP contribution in [0, 0.1) is 6.92 Å². The van der Waals surface area contributed by atoms with Crippen LogP contribution in [0.4, 0.5) is 5.69 Å². The van der Waals surface area contributed by atoms with Crippen LogP contribution in [0.2, 0.25) is 0 Å². The van der Waals surface area contributed by atoms with Gasteiger partial charge in [0.25, 0.3) is 5.91 Å². The predicted octanol–water partition coefficient (Wildman–Crippen LogP) is 2.11. The molecular formula is C22H28N4O2. The van der Waals surface area contributed by atoms with Crippen LogP contribution in [0.5, 0.6) is 0 Å². The Kier molecular flexibility index (Phi) is 6.79. The molecule has 0 bridgehead atoms. The zero-order chi connectivity index (χ0) is 19.9. The fourth-order valence-electron chi connectivity index (χ4n) is 3.43. The number of aryl methyl sites for hydroxylation is 1. The van der Waals surface area contributed by atoms with Gasteiger partial charge in [-0.05, 0) is 36.8 Å². The largest absolute Gasteiger partial charge is 0.355 e. The van der Waals surface area contributed by atoms with Crippen molar-refractivity contribution in [1.29, 1.82) is 0 Å². The molecule has 1 aliphatic heterocycles. The third kappa shape index (κ3) is 5.65. The van der Waals surface area contributed by atoms with Crippen LogP contribution in [0.3, 0.4) is 0 Å². The van der Waals surface area contributed by atoms with Gasteiger partial charge in [-0.1, -0.05) is 29.8 Å². The van der Waals surface area contributed by atoms with E-state index in [1.165, 1.54) is 11.1 Å². The summed E-state index contributed by atoms with van der Waals surface area (Å²) in [6.45, 7) is 7.15. The Morgan fingerprint density at radius 2 is 1.64 bits per heavy atom. The summed E-state index contributed by atoms with van der Waals surface area (Å²) in [5, 5.41) is 5.48. The molecular weight excluding hydrogens is 352 g/mol. The number of nitrogens with one attached hydrogen (secondary N) is 2. The number of piperazine rings is 1. The summed E-state index contributed by atoms with van der Waals surface area (Å²) in [5.41, 5.74) is 3.91. The fourth-order valence-corrected chi connectivity index (χ4v) is 3.43. The van der Waals surface area contributed by atoms with Crippen molar-refractivity contribution in [2.75, 3.05) is 45.1 Å². The summed E-state index contributed by atoms with van der Waals surface area (Å²) in [5.74, 6) is -0.166. The lowest BCUT2D eigenvalue weighted by Crippen LogP contribution is -2.48. The number of rotatable bonds is 6. The number of carbonyl (C=O) groups is 2. The summed E-state index contributed by atoms with van der Waals surface area (Å²) >= 11 is 0. The summed E-state index contributed by atoms with van der Waals surface area (Å²) in [4.78, 5) is 28.5. The maximum atomic E-state index is 12.3. The van der Waals surface area contributed by atoms with Crippen LogP contribution in [0.25, 0.3) is 0 Å². The van der Waals surface area contributed by atoms with Crippen LogP contribution in [-0.4, -0.2) is 61.4 Å². The average Bonchev–Trinajstić information content (AvgIpc) is 2.69. The number of carbonyl (C=O) groups excluding carboxylic acids is 2. The Labute approximate surface area is 166 Å². The lowest BCUT2D eigenvalue weighted by atomic mass is 10.1. The van der Waals surface area contributed by atoms with Crippen LogP contribution in [0.15, 0.2) is 48.5 Å². The van der Waals surface area contributed by atoms with Crippen molar-refractivity contribution in [3.63, 3.8) is 0 Å². The van der Waals surface area contributed by atoms with Crippen molar-refractivity contribution < 1.29 is 9.59 Å². The van der Waals surface area contributed by atoms with Crippen molar-refractivity contribution in [3.05, 3.63) is 65.2 Å². The second-order valence-electron chi connectivity index (χ2n) is 7.25. The highest BCUT2D eigenvalue weighted by Gasteiger charge is 2.19. The highest BCUT2D eigenvalue weighted by Crippen LogP contribution is 2.12. The number of anilines is 1. The second kappa shape index (κ2) is 9.48. The van der Waals surface area contributed by atoms with Gasteiger partial charge >= 0.3 is 0 Å². The molecule has 3 rings (SSSR count). The first-order valence-electron chi connectivity index (χ1n) is 9.66. The van der Waals surface area contributed by atoms with E-state index in [4.69, 9.17) is 0 Å². The second-order valence-corrected chi connectivity index (χ2v) is 7.25. The summed E-state index contributed by atoms with van der Waals surface area (Å²) in [6, 6.07) is 15.5. The molecule has 1 saturated heterocycles. The van der Waals surface area contributed by atoms with E-state index < -0.39 is 0 Å². The van der Waals surface area contributed by atoms with Crippen LogP contribution in [-0.2, 0) is 11.3 Å². The smallest absolute Gasteiger partial charge is 0.251 e. The Morgan fingerprint density at radius 1 is 0.964 bits per heavy atom. The third-order valence-electron chi connectivity index (χ3n) is 4.98. The van der Waals surface area contributed by atoms with Gasteiger partial charge < -0.3 is 10.6 Å². The van der Waals surface area contributed by atoms with E-state index >= 15 is 0 Å². The van der Waals surface area contributed by atoms with Crippen molar-refractivity contribution in [2.24, 2.45) is 0 Å². The summed E-state index contributed by atoms with van der Waals surface area (Å²) < 4.78 is 0. The number of nitrogens with zero attached hydrogens (tertiary/aromatic N) is 2. The van der Waals surface area contributed by atoms with Gasteiger partial charge in [0.15, 0.2) is 0 Å². The lowest BCUT2D eigenvalue weighted by Gasteiger charge is -2.34.